The maximum Gasteiger partial charge on any atom is 0.261 e. The van der Waals surface area contributed by atoms with Crippen molar-refractivity contribution in [2.75, 3.05) is 13.2 Å². The molecule has 1 amide bonds. The molecule has 0 bridgehead atoms. The number of carbonyl (C=O) groups is 1. The van der Waals surface area contributed by atoms with Gasteiger partial charge in [-0.05, 0) is 53.4 Å². The second kappa shape index (κ2) is 7.80. The molecule has 4 rings (SSSR count). The van der Waals surface area contributed by atoms with Crippen molar-refractivity contribution in [3.63, 3.8) is 0 Å². The van der Waals surface area contributed by atoms with E-state index in [9.17, 15) is 4.79 Å². The summed E-state index contributed by atoms with van der Waals surface area (Å²) in [5, 5.41) is 0.637. The van der Waals surface area contributed by atoms with Gasteiger partial charge in [0, 0.05) is 24.0 Å². The molecule has 27 heavy (non-hydrogen) atoms. The number of fused-ring (bicyclic) bond motifs is 1. The highest BCUT2D eigenvalue weighted by Crippen LogP contribution is 2.34. The molecule has 1 aromatic heterocycles. The van der Waals surface area contributed by atoms with Crippen LogP contribution in [0.2, 0.25) is 5.02 Å². The zero-order valence-corrected chi connectivity index (χ0v) is 15.5. The van der Waals surface area contributed by atoms with Crippen LogP contribution in [0.25, 0.3) is 0 Å². The maximum atomic E-state index is 13.0. The quantitative estimate of drug-likeness (QED) is 0.680. The first-order chi connectivity index (χ1) is 13.2. The van der Waals surface area contributed by atoms with E-state index in [-0.39, 0.29) is 18.6 Å². The summed E-state index contributed by atoms with van der Waals surface area (Å²) < 4.78 is 5.68. The zero-order valence-electron chi connectivity index (χ0n) is 14.7. The van der Waals surface area contributed by atoms with Crippen LogP contribution >= 0.6 is 11.6 Å². The first-order valence-electron chi connectivity index (χ1n) is 8.88. The van der Waals surface area contributed by atoms with Gasteiger partial charge >= 0.3 is 0 Å². The summed E-state index contributed by atoms with van der Waals surface area (Å²) in [5.41, 5.74) is 3.43. The number of ether oxygens (including phenoxy) is 1. The molecule has 0 saturated heterocycles. The first kappa shape index (κ1) is 17.6. The van der Waals surface area contributed by atoms with Gasteiger partial charge in [-0.2, -0.15) is 0 Å². The molecule has 1 atom stereocenters. The molecule has 0 saturated carbocycles. The lowest BCUT2D eigenvalue weighted by molar-refractivity contribution is -0.135. The van der Waals surface area contributed by atoms with Gasteiger partial charge in [0.15, 0.2) is 6.61 Å². The van der Waals surface area contributed by atoms with Crippen LogP contribution in [0.15, 0.2) is 73.1 Å². The predicted octanol–water partition coefficient (Wildman–Crippen LogP) is 4.29. The largest absolute Gasteiger partial charge is 0.484 e. The Morgan fingerprint density at radius 3 is 2.70 bits per heavy atom. The lowest BCUT2D eigenvalue weighted by atomic mass is 9.89. The van der Waals surface area contributed by atoms with Crippen LogP contribution in [0.5, 0.6) is 5.75 Å². The summed E-state index contributed by atoms with van der Waals surface area (Å²) in [4.78, 5) is 19.1. The highest BCUT2D eigenvalue weighted by molar-refractivity contribution is 6.30. The van der Waals surface area contributed by atoms with Crippen LogP contribution in [-0.4, -0.2) is 28.9 Å². The molecule has 136 valence electrons. The van der Waals surface area contributed by atoms with Gasteiger partial charge in [-0.1, -0.05) is 41.9 Å². The standard InChI is InChI=1S/C22H19ClN2O2/c23-18-7-9-19(10-8-18)27-15-21(26)25-13-11-16-4-1-2-6-20(16)22(25)17-5-3-12-24-14-17/h1-10,12,14,22H,11,13,15H2. The number of carbonyl (C=O) groups excluding carboxylic acids is 1. The Balaban J connectivity index is 1.58. The summed E-state index contributed by atoms with van der Waals surface area (Å²) in [7, 11) is 0. The minimum absolute atomic E-state index is 0.0133. The maximum absolute atomic E-state index is 13.0. The molecule has 2 heterocycles. The summed E-state index contributed by atoms with van der Waals surface area (Å²) in [6.45, 7) is 0.639. The third-order valence-corrected chi connectivity index (χ3v) is 5.03. The molecule has 0 radical (unpaired) electrons. The van der Waals surface area contributed by atoms with Crippen molar-refractivity contribution in [1.29, 1.82) is 0 Å². The number of nitrogens with zero attached hydrogens (tertiary/aromatic N) is 2. The van der Waals surface area contributed by atoms with E-state index in [1.54, 1.807) is 30.5 Å². The van der Waals surface area contributed by atoms with Crippen molar-refractivity contribution in [2.45, 2.75) is 12.5 Å². The van der Waals surface area contributed by atoms with Gasteiger partial charge in [-0.3, -0.25) is 9.78 Å². The molecule has 3 aromatic rings. The van der Waals surface area contributed by atoms with Gasteiger partial charge < -0.3 is 9.64 Å². The number of amides is 1. The molecular formula is C22H19ClN2O2. The Labute approximate surface area is 163 Å². The van der Waals surface area contributed by atoms with Crippen LogP contribution in [0.4, 0.5) is 0 Å². The molecule has 0 aliphatic carbocycles. The van der Waals surface area contributed by atoms with Crippen molar-refractivity contribution >= 4 is 17.5 Å². The van der Waals surface area contributed by atoms with Crippen molar-refractivity contribution in [3.05, 3.63) is 94.8 Å². The van der Waals surface area contributed by atoms with E-state index in [1.165, 1.54) is 5.56 Å². The van der Waals surface area contributed by atoms with Crippen molar-refractivity contribution in [1.82, 2.24) is 9.88 Å². The van der Waals surface area contributed by atoms with Crippen LogP contribution in [0, 0.1) is 0 Å². The Kier molecular flexibility index (Phi) is 5.07. The molecule has 0 N–H and O–H groups in total. The second-order valence-corrected chi connectivity index (χ2v) is 6.90. The summed E-state index contributed by atoms with van der Waals surface area (Å²) in [6, 6.07) is 19.1. The van der Waals surface area contributed by atoms with Gasteiger partial charge in [0.25, 0.3) is 5.91 Å². The fraction of sp³-hybridized carbons (Fsp3) is 0.182. The van der Waals surface area contributed by atoms with E-state index in [4.69, 9.17) is 16.3 Å². The van der Waals surface area contributed by atoms with Crippen molar-refractivity contribution in [2.24, 2.45) is 0 Å². The monoisotopic (exact) mass is 378 g/mol. The van der Waals surface area contributed by atoms with E-state index in [0.717, 1.165) is 17.5 Å². The summed E-state index contributed by atoms with van der Waals surface area (Å²) in [6.07, 6.45) is 4.40. The fourth-order valence-electron chi connectivity index (χ4n) is 3.49. The second-order valence-electron chi connectivity index (χ2n) is 6.47. The van der Waals surface area contributed by atoms with Gasteiger partial charge in [-0.25, -0.2) is 0 Å². The molecule has 0 fully saturated rings. The third kappa shape index (κ3) is 3.81. The van der Waals surface area contributed by atoms with E-state index in [0.29, 0.717) is 17.3 Å². The topological polar surface area (TPSA) is 42.4 Å². The number of rotatable bonds is 4. The minimum atomic E-state index is -0.148. The van der Waals surface area contributed by atoms with Crippen LogP contribution in [-0.2, 0) is 11.2 Å². The Hall–Kier alpha value is -2.85. The lowest BCUT2D eigenvalue weighted by Crippen LogP contribution is -2.42. The Morgan fingerprint density at radius 1 is 1.11 bits per heavy atom. The molecule has 2 aromatic carbocycles. The van der Waals surface area contributed by atoms with Gasteiger partial charge in [-0.15, -0.1) is 0 Å². The average molecular weight is 379 g/mol. The SMILES string of the molecule is O=C(COc1ccc(Cl)cc1)N1CCc2ccccc2C1c1cccnc1. The Bertz CT molecular complexity index is 929. The van der Waals surface area contributed by atoms with Crippen LogP contribution < -0.4 is 4.74 Å². The average Bonchev–Trinajstić information content (AvgIpc) is 2.73. The van der Waals surface area contributed by atoms with Gasteiger partial charge in [0.2, 0.25) is 0 Å². The molecule has 1 aliphatic rings. The predicted molar refractivity (Wildman–Crippen MR) is 105 cm³/mol. The third-order valence-electron chi connectivity index (χ3n) is 4.78. The van der Waals surface area contributed by atoms with Gasteiger partial charge in [0.05, 0.1) is 6.04 Å². The summed E-state index contributed by atoms with van der Waals surface area (Å²) >= 11 is 5.89. The van der Waals surface area contributed by atoms with Crippen LogP contribution in [0.1, 0.15) is 22.7 Å². The number of aromatic nitrogens is 1. The normalized spacial score (nSPS) is 15.9. The molecule has 0 spiro atoms. The minimum Gasteiger partial charge on any atom is -0.484 e. The molecule has 1 aliphatic heterocycles. The van der Waals surface area contributed by atoms with E-state index < -0.39 is 0 Å². The Morgan fingerprint density at radius 2 is 1.93 bits per heavy atom. The van der Waals surface area contributed by atoms with Crippen LogP contribution in [0.3, 0.4) is 0 Å². The van der Waals surface area contributed by atoms with Crippen molar-refractivity contribution in [3.8, 4) is 5.75 Å². The molecule has 5 heteroatoms. The molecule has 4 nitrogen and oxygen atoms in total. The summed E-state index contributed by atoms with van der Waals surface area (Å²) in [5.74, 6) is 0.580. The molecule has 1 unspecified atom stereocenters. The van der Waals surface area contributed by atoms with Gasteiger partial charge in [0.1, 0.15) is 5.75 Å². The smallest absolute Gasteiger partial charge is 0.261 e. The number of hydrogen-bond donors (Lipinski definition) is 0. The lowest BCUT2D eigenvalue weighted by Gasteiger charge is -2.37. The van der Waals surface area contributed by atoms with E-state index in [1.807, 2.05) is 35.4 Å². The number of pyridine rings is 1. The first-order valence-corrected chi connectivity index (χ1v) is 9.26. The zero-order chi connectivity index (χ0) is 18.6. The molecular weight excluding hydrogens is 360 g/mol. The highest BCUT2D eigenvalue weighted by atomic mass is 35.5. The number of halogens is 1. The van der Waals surface area contributed by atoms with E-state index >= 15 is 0 Å². The highest BCUT2D eigenvalue weighted by Gasteiger charge is 2.32. The van der Waals surface area contributed by atoms with Crippen molar-refractivity contribution < 1.29 is 9.53 Å². The fourth-order valence-corrected chi connectivity index (χ4v) is 3.62. The van der Waals surface area contributed by atoms with E-state index in [2.05, 4.69) is 17.1 Å². The number of benzene rings is 2. The number of hydrogen-bond acceptors (Lipinski definition) is 3.